The molecule has 1 aliphatic rings. The lowest BCUT2D eigenvalue weighted by atomic mass is 10.1. The first kappa shape index (κ1) is 10.9. The molecule has 1 rings (SSSR count). The Balaban J connectivity index is 2.34. The van der Waals surface area contributed by atoms with E-state index in [1.807, 2.05) is 0 Å². The van der Waals surface area contributed by atoms with E-state index in [0.29, 0.717) is 12.5 Å². The molecule has 1 fully saturated rings. The van der Waals surface area contributed by atoms with Crippen LogP contribution in [0.3, 0.4) is 0 Å². The van der Waals surface area contributed by atoms with Gasteiger partial charge in [-0.1, -0.05) is 12.8 Å². The fraction of sp³-hybridized carbons (Fsp3) is 1.00. The summed E-state index contributed by atoms with van der Waals surface area (Å²) in [6.07, 6.45) is 5.71. The predicted molar refractivity (Wildman–Crippen MR) is 53.5 cm³/mol. The van der Waals surface area contributed by atoms with Crippen LogP contribution >= 0.6 is 0 Å². The first-order valence-electron chi connectivity index (χ1n) is 5.38. The van der Waals surface area contributed by atoms with E-state index in [4.69, 9.17) is 5.73 Å². The quantitative estimate of drug-likeness (QED) is 0.725. The molecular weight excluding hydrogens is 167 g/mol. The van der Waals surface area contributed by atoms with E-state index in [-0.39, 0.29) is 6.67 Å². The molecule has 2 nitrogen and oxygen atoms in total. The smallest absolute Gasteiger partial charge is 0.0906 e. The van der Waals surface area contributed by atoms with Crippen LogP contribution in [0, 0.1) is 0 Å². The normalized spacial score (nSPS) is 25.8. The number of rotatable bonds is 4. The van der Waals surface area contributed by atoms with Gasteiger partial charge in [0.05, 0.1) is 6.67 Å². The monoisotopic (exact) mass is 188 g/mol. The number of hydrogen-bond acceptors (Lipinski definition) is 2. The van der Waals surface area contributed by atoms with E-state index in [2.05, 4.69) is 4.90 Å². The summed E-state index contributed by atoms with van der Waals surface area (Å²) in [5.74, 6) is 0. The maximum Gasteiger partial charge on any atom is 0.0906 e. The predicted octanol–water partition coefficient (Wildman–Crippen LogP) is 1.55. The Kier molecular flexibility index (Phi) is 5.32. The average molecular weight is 188 g/mol. The molecule has 0 amide bonds. The standard InChI is InChI=1S/C10H21FN2/c11-6-4-8-13-7-3-1-2-5-10(13)9-12/h10H,1-9,12H2. The highest BCUT2D eigenvalue weighted by Gasteiger charge is 2.18. The number of nitrogens with zero attached hydrogens (tertiary/aromatic N) is 1. The number of hydrogen-bond donors (Lipinski definition) is 1. The highest BCUT2D eigenvalue weighted by Crippen LogP contribution is 2.16. The minimum Gasteiger partial charge on any atom is -0.329 e. The second-order valence-electron chi connectivity index (χ2n) is 3.82. The van der Waals surface area contributed by atoms with Crippen molar-refractivity contribution in [1.82, 2.24) is 4.90 Å². The van der Waals surface area contributed by atoms with Gasteiger partial charge < -0.3 is 5.73 Å². The van der Waals surface area contributed by atoms with Gasteiger partial charge in [0, 0.05) is 19.1 Å². The lowest BCUT2D eigenvalue weighted by molar-refractivity contribution is 0.196. The molecule has 3 heteroatoms. The number of likely N-dealkylation sites (tertiary alicyclic amines) is 1. The topological polar surface area (TPSA) is 29.3 Å². The summed E-state index contributed by atoms with van der Waals surface area (Å²) < 4.78 is 12.0. The van der Waals surface area contributed by atoms with Gasteiger partial charge >= 0.3 is 0 Å². The summed E-state index contributed by atoms with van der Waals surface area (Å²) in [7, 11) is 0. The average Bonchev–Trinajstić information content (AvgIpc) is 2.39. The fourth-order valence-corrected chi connectivity index (χ4v) is 2.06. The van der Waals surface area contributed by atoms with Crippen molar-refractivity contribution in [2.45, 2.75) is 38.1 Å². The summed E-state index contributed by atoms with van der Waals surface area (Å²) in [4.78, 5) is 2.37. The summed E-state index contributed by atoms with van der Waals surface area (Å²) in [5, 5.41) is 0. The van der Waals surface area contributed by atoms with E-state index < -0.39 is 0 Å². The van der Waals surface area contributed by atoms with Crippen molar-refractivity contribution in [3.05, 3.63) is 0 Å². The zero-order chi connectivity index (χ0) is 9.52. The Hall–Kier alpha value is -0.150. The van der Waals surface area contributed by atoms with Crippen LogP contribution in [0.15, 0.2) is 0 Å². The molecule has 1 heterocycles. The molecule has 0 aromatic carbocycles. The molecule has 0 aromatic heterocycles. The molecule has 1 atom stereocenters. The molecule has 0 saturated carbocycles. The Morgan fingerprint density at radius 1 is 1.31 bits per heavy atom. The number of alkyl halides is 1. The van der Waals surface area contributed by atoms with Crippen molar-refractivity contribution in [2.24, 2.45) is 5.73 Å². The third kappa shape index (κ3) is 3.61. The van der Waals surface area contributed by atoms with Gasteiger partial charge in [0.2, 0.25) is 0 Å². The van der Waals surface area contributed by atoms with Crippen LogP contribution in [0.4, 0.5) is 4.39 Å². The van der Waals surface area contributed by atoms with E-state index in [9.17, 15) is 4.39 Å². The lowest BCUT2D eigenvalue weighted by Gasteiger charge is -2.28. The van der Waals surface area contributed by atoms with Crippen molar-refractivity contribution in [2.75, 3.05) is 26.3 Å². The molecule has 0 bridgehead atoms. The van der Waals surface area contributed by atoms with E-state index >= 15 is 0 Å². The molecular formula is C10H21FN2. The highest BCUT2D eigenvalue weighted by molar-refractivity contribution is 4.75. The molecule has 13 heavy (non-hydrogen) atoms. The third-order valence-corrected chi connectivity index (χ3v) is 2.85. The zero-order valence-electron chi connectivity index (χ0n) is 8.34. The van der Waals surface area contributed by atoms with Crippen LogP contribution in [0.2, 0.25) is 0 Å². The first-order chi connectivity index (χ1) is 6.38. The van der Waals surface area contributed by atoms with E-state index in [1.54, 1.807) is 0 Å². The summed E-state index contributed by atoms with van der Waals surface area (Å²) in [6.45, 7) is 2.53. The van der Waals surface area contributed by atoms with Gasteiger partial charge in [0.1, 0.15) is 0 Å². The second kappa shape index (κ2) is 6.33. The van der Waals surface area contributed by atoms with Gasteiger partial charge in [-0.05, 0) is 25.8 Å². The van der Waals surface area contributed by atoms with Crippen LogP contribution in [0.1, 0.15) is 32.1 Å². The van der Waals surface area contributed by atoms with E-state index in [0.717, 1.165) is 19.6 Å². The van der Waals surface area contributed by atoms with Crippen molar-refractivity contribution in [3.63, 3.8) is 0 Å². The van der Waals surface area contributed by atoms with Gasteiger partial charge in [0.15, 0.2) is 0 Å². The van der Waals surface area contributed by atoms with Crippen LogP contribution in [0.25, 0.3) is 0 Å². The summed E-state index contributed by atoms with van der Waals surface area (Å²) in [5.41, 5.74) is 5.70. The Labute approximate surface area is 80.3 Å². The Morgan fingerprint density at radius 2 is 2.15 bits per heavy atom. The maximum absolute atomic E-state index is 12.0. The molecule has 2 N–H and O–H groups in total. The highest BCUT2D eigenvalue weighted by atomic mass is 19.1. The first-order valence-corrected chi connectivity index (χ1v) is 5.38. The van der Waals surface area contributed by atoms with Gasteiger partial charge in [-0.25, -0.2) is 0 Å². The van der Waals surface area contributed by atoms with Gasteiger partial charge in [-0.15, -0.1) is 0 Å². The van der Waals surface area contributed by atoms with Crippen LogP contribution in [-0.4, -0.2) is 37.3 Å². The SMILES string of the molecule is NCC1CCCCCN1CCCF. The van der Waals surface area contributed by atoms with Gasteiger partial charge in [-0.3, -0.25) is 9.29 Å². The zero-order valence-corrected chi connectivity index (χ0v) is 8.34. The van der Waals surface area contributed by atoms with Crippen LogP contribution in [-0.2, 0) is 0 Å². The van der Waals surface area contributed by atoms with Crippen molar-refractivity contribution < 1.29 is 4.39 Å². The molecule has 0 aromatic rings. The number of nitrogens with two attached hydrogens (primary N) is 1. The molecule has 1 unspecified atom stereocenters. The maximum atomic E-state index is 12.0. The van der Waals surface area contributed by atoms with Crippen molar-refractivity contribution in [1.29, 1.82) is 0 Å². The Morgan fingerprint density at radius 3 is 2.85 bits per heavy atom. The molecule has 0 radical (unpaired) electrons. The lowest BCUT2D eigenvalue weighted by Crippen LogP contribution is -2.40. The summed E-state index contributed by atoms with van der Waals surface area (Å²) in [6, 6.07) is 0.508. The summed E-state index contributed by atoms with van der Waals surface area (Å²) >= 11 is 0. The van der Waals surface area contributed by atoms with Gasteiger partial charge in [-0.2, -0.15) is 0 Å². The number of halogens is 1. The van der Waals surface area contributed by atoms with Crippen LogP contribution < -0.4 is 5.73 Å². The van der Waals surface area contributed by atoms with Crippen LogP contribution in [0.5, 0.6) is 0 Å². The molecule has 1 saturated heterocycles. The van der Waals surface area contributed by atoms with Gasteiger partial charge in [0.25, 0.3) is 0 Å². The Bertz CT molecular complexity index is 130. The fourth-order valence-electron chi connectivity index (χ4n) is 2.06. The second-order valence-corrected chi connectivity index (χ2v) is 3.82. The molecule has 78 valence electrons. The van der Waals surface area contributed by atoms with E-state index in [1.165, 1.54) is 25.7 Å². The molecule has 0 spiro atoms. The minimum absolute atomic E-state index is 0.201. The van der Waals surface area contributed by atoms with Crippen molar-refractivity contribution in [3.8, 4) is 0 Å². The molecule has 0 aliphatic carbocycles. The molecule has 1 aliphatic heterocycles. The minimum atomic E-state index is -0.201. The largest absolute Gasteiger partial charge is 0.329 e. The third-order valence-electron chi connectivity index (χ3n) is 2.85. The van der Waals surface area contributed by atoms with Crippen molar-refractivity contribution >= 4 is 0 Å².